The molecule has 0 fully saturated rings. The third-order valence-corrected chi connectivity index (χ3v) is 3.83. The first-order valence-corrected chi connectivity index (χ1v) is 6.81. The Balaban J connectivity index is 2.11. The van der Waals surface area contributed by atoms with Crippen LogP contribution in [0.5, 0.6) is 11.5 Å². The highest BCUT2D eigenvalue weighted by Crippen LogP contribution is 2.33. The minimum absolute atomic E-state index is 0.142. The molecule has 1 unspecified atom stereocenters. The molecule has 1 heterocycles. The van der Waals surface area contributed by atoms with Gasteiger partial charge in [0.1, 0.15) is 13.2 Å². The Labute approximate surface area is 114 Å². The number of fused-ring (bicyclic) bond motifs is 1. The predicted octanol–water partition coefficient (Wildman–Crippen LogP) is 3.71. The summed E-state index contributed by atoms with van der Waals surface area (Å²) in [6, 6.07) is 5.45. The number of ketones is 1. The van der Waals surface area contributed by atoms with E-state index in [2.05, 4.69) is 27.7 Å². The maximum Gasteiger partial charge on any atom is 0.163 e. The number of Topliss-reactive ketones (excluding diaryl/α,β-unsaturated/α-hetero) is 1. The predicted molar refractivity (Wildman–Crippen MR) is 75.0 cm³/mol. The van der Waals surface area contributed by atoms with Crippen LogP contribution in [-0.2, 0) is 0 Å². The van der Waals surface area contributed by atoms with Gasteiger partial charge in [-0.15, -0.1) is 0 Å². The Morgan fingerprint density at radius 1 is 1.21 bits per heavy atom. The van der Waals surface area contributed by atoms with Crippen molar-refractivity contribution in [3.05, 3.63) is 23.8 Å². The molecular weight excluding hydrogens is 240 g/mol. The number of hydrogen-bond acceptors (Lipinski definition) is 3. The smallest absolute Gasteiger partial charge is 0.163 e. The lowest BCUT2D eigenvalue weighted by atomic mass is 9.78. The lowest BCUT2D eigenvalue weighted by molar-refractivity contribution is 0.0926. The van der Waals surface area contributed by atoms with Gasteiger partial charge >= 0.3 is 0 Å². The minimum atomic E-state index is 0.142. The Kier molecular flexibility index (Phi) is 3.83. The highest BCUT2D eigenvalue weighted by atomic mass is 16.6. The molecule has 1 aliphatic heterocycles. The minimum Gasteiger partial charge on any atom is -0.486 e. The van der Waals surface area contributed by atoms with Crippen LogP contribution in [0.15, 0.2) is 18.2 Å². The fourth-order valence-electron chi connectivity index (χ4n) is 1.92. The van der Waals surface area contributed by atoms with E-state index in [1.165, 1.54) is 0 Å². The van der Waals surface area contributed by atoms with Gasteiger partial charge in [0.15, 0.2) is 17.3 Å². The van der Waals surface area contributed by atoms with Crippen LogP contribution < -0.4 is 9.47 Å². The Hall–Kier alpha value is -1.51. The maximum absolute atomic E-state index is 12.3. The Bertz CT molecular complexity index is 471. The van der Waals surface area contributed by atoms with Gasteiger partial charge in [-0.05, 0) is 29.5 Å². The van der Waals surface area contributed by atoms with Gasteiger partial charge < -0.3 is 9.47 Å². The van der Waals surface area contributed by atoms with Crippen LogP contribution in [0, 0.1) is 11.3 Å². The fraction of sp³-hybridized carbons (Fsp3) is 0.562. The second kappa shape index (κ2) is 5.24. The number of carbonyl (C=O) groups is 1. The normalized spacial score (nSPS) is 16.0. The largest absolute Gasteiger partial charge is 0.486 e. The van der Waals surface area contributed by atoms with Gasteiger partial charge in [0.2, 0.25) is 0 Å². The molecule has 0 saturated heterocycles. The molecule has 0 N–H and O–H groups in total. The Morgan fingerprint density at radius 3 is 2.47 bits per heavy atom. The molecule has 2 rings (SSSR count). The molecular formula is C16H22O3. The lowest BCUT2D eigenvalue weighted by Crippen LogP contribution is -2.21. The zero-order valence-corrected chi connectivity index (χ0v) is 12.2. The Morgan fingerprint density at radius 2 is 1.84 bits per heavy atom. The average Bonchev–Trinajstić information content (AvgIpc) is 2.37. The van der Waals surface area contributed by atoms with Gasteiger partial charge in [-0.3, -0.25) is 4.79 Å². The van der Waals surface area contributed by atoms with Gasteiger partial charge in [-0.2, -0.15) is 0 Å². The van der Waals surface area contributed by atoms with E-state index in [0.717, 1.165) is 5.75 Å². The van der Waals surface area contributed by atoms with Crippen molar-refractivity contribution in [1.82, 2.24) is 0 Å². The maximum atomic E-state index is 12.3. The van der Waals surface area contributed by atoms with Crippen LogP contribution in [0.4, 0.5) is 0 Å². The molecule has 1 aliphatic rings. The number of ether oxygens (including phenoxy) is 2. The third kappa shape index (κ3) is 3.28. The van der Waals surface area contributed by atoms with Crippen LogP contribution >= 0.6 is 0 Å². The zero-order chi connectivity index (χ0) is 14.0. The fourth-order valence-corrected chi connectivity index (χ4v) is 1.92. The topological polar surface area (TPSA) is 35.5 Å². The van der Waals surface area contributed by atoms with Crippen LogP contribution in [0.1, 0.15) is 44.5 Å². The summed E-state index contributed by atoms with van der Waals surface area (Å²) in [5.41, 5.74) is 0.851. The van der Waals surface area contributed by atoms with Gasteiger partial charge in [0.05, 0.1) is 0 Å². The molecule has 0 amide bonds. The lowest BCUT2D eigenvalue weighted by Gasteiger charge is -2.26. The van der Waals surface area contributed by atoms with E-state index < -0.39 is 0 Å². The van der Waals surface area contributed by atoms with Crippen molar-refractivity contribution < 1.29 is 14.3 Å². The van der Waals surface area contributed by atoms with Gasteiger partial charge in [0, 0.05) is 12.0 Å². The molecule has 0 saturated carbocycles. The second-order valence-electron chi connectivity index (χ2n) is 6.25. The monoisotopic (exact) mass is 262 g/mol. The average molecular weight is 262 g/mol. The van der Waals surface area contributed by atoms with E-state index >= 15 is 0 Å². The highest BCUT2D eigenvalue weighted by Gasteiger charge is 2.24. The van der Waals surface area contributed by atoms with Crippen molar-refractivity contribution in [2.75, 3.05) is 13.2 Å². The zero-order valence-electron chi connectivity index (χ0n) is 12.2. The molecule has 0 aromatic heterocycles. The van der Waals surface area contributed by atoms with E-state index in [1.54, 1.807) is 6.07 Å². The van der Waals surface area contributed by atoms with E-state index in [1.807, 2.05) is 12.1 Å². The molecule has 3 heteroatoms. The summed E-state index contributed by atoms with van der Waals surface area (Å²) < 4.78 is 11.0. The number of benzene rings is 1. The second-order valence-corrected chi connectivity index (χ2v) is 6.25. The number of carbonyl (C=O) groups excluding carboxylic acids is 1. The van der Waals surface area contributed by atoms with Crippen molar-refractivity contribution in [2.45, 2.75) is 34.1 Å². The quantitative estimate of drug-likeness (QED) is 0.779. The van der Waals surface area contributed by atoms with Crippen molar-refractivity contribution in [2.24, 2.45) is 11.3 Å². The third-order valence-electron chi connectivity index (χ3n) is 3.83. The molecule has 0 spiro atoms. The summed E-state index contributed by atoms with van der Waals surface area (Å²) in [5, 5.41) is 0. The summed E-state index contributed by atoms with van der Waals surface area (Å²) in [6.45, 7) is 9.72. The van der Waals surface area contributed by atoms with E-state index in [-0.39, 0.29) is 11.2 Å². The molecule has 104 valence electrons. The molecule has 3 nitrogen and oxygen atoms in total. The first kappa shape index (κ1) is 13.9. The van der Waals surface area contributed by atoms with Crippen LogP contribution in [0.25, 0.3) is 0 Å². The molecule has 0 radical (unpaired) electrons. The van der Waals surface area contributed by atoms with Gasteiger partial charge in [-0.25, -0.2) is 0 Å². The van der Waals surface area contributed by atoms with Crippen LogP contribution in [0.2, 0.25) is 0 Å². The summed E-state index contributed by atoms with van der Waals surface area (Å²) in [5.74, 6) is 1.92. The highest BCUT2D eigenvalue weighted by molar-refractivity contribution is 5.96. The van der Waals surface area contributed by atoms with Crippen LogP contribution in [-0.4, -0.2) is 19.0 Å². The van der Waals surface area contributed by atoms with Gasteiger partial charge in [0.25, 0.3) is 0 Å². The van der Waals surface area contributed by atoms with E-state index in [4.69, 9.17) is 9.47 Å². The molecule has 19 heavy (non-hydrogen) atoms. The molecule has 1 aromatic rings. The number of rotatable bonds is 3. The van der Waals surface area contributed by atoms with E-state index in [0.29, 0.717) is 36.9 Å². The summed E-state index contributed by atoms with van der Waals surface area (Å²) >= 11 is 0. The van der Waals surface area contributed by atoms with Crippen molar-refractivity contribution in [3.8, 4) is 11.5 Å². The van der Waals surface area contributed by atoms with Crippen molar-refractivity contribution >= 4 is 5.78 Å². The summed E-state index contributed by atoms with van der Waals surface area (Å²) in [4.78, 5) is 12.3. The molecule has 1 atom stereocenters. The van der Waals surface area contributed by atoms with Crippen molar-refractivity contribution in [1.29, 1.82) is 0 Å². The van der Waals surface area contributed by atoms with E-state index in [9.17, 15) is 4.79 Å². The first-order chi connectivity index (χ1) is 8.88. The number of hydrogen-bond donors (Lipinski definition) is 0. The molecule has 1 aromatic carbocycles. The van der Waals surface area contributed by atoms with Crippen molar-refractivity contribution in [3.63, 3.8) is 0 Å². The summed E-state index contributed by atoms with van der Waals surface area (Å²) in [7, 11) is 0. The van der Waals surface area contributed by atoms with Gasteiger partial charge in [-0.1, -0.05) is 27.7 Å². The standard InChI is InChI=1S/C16H22O3/c1-11(16(2,3)4)9-13(17)12-5-6-14-15(10-12)19-8-7-18-14/h5-6,10-11H,7-9H2,1-4H3. The van der Waals surface area contributed by atoms with Crippen LogP contribution in [0.3, 0.4) is 0 Å². The first-order valence-electron chi connectivity index (χ1n) is 6.81. The SMILES string of the molecule is CC(CC(=O)c1ccc2c(c1)OCCO2)C(C)(C)C. The summed E-state index contributed by atoms with van der Waals surface area (Å²) in [6.07, 6.45) is 0.559. The molecule has 0 bridgehead atoms. The molecule has 0 aliphatic carbocycles.